The van der Waals surface area contributed by atoms with E-state index in [4.69, 9.17) is 11.0 Å². The lowest BCUT2D eigenvalue weighted by Crippen LogP contribution is -2.12. The quantitative estimate of drug-likeness (QED) is 0.913. The van der Waals surface area contributed by atoms with Crippen LogP contribution in [0.2, 0.25) is 0 Å². The van der Waals surface area contributed by atoms with Crippen molar-refractivity contribution in [2.45, 2.75) is 24.4 Å². The van der Waals surface area contributed by atoms with Gasteiger partial charge in [0.15, 0.2) is 9.84 Å². The van der Waals surface area contributed by atoms with Gasteiger partial charge in [-0.25, -0.2) is 8.42 Å². The molecule has 1 heterocycles. The van der Waals surface area contributed by atoms with E-state index in [0.29, 0.717) is 12.1 Å². The standard InChI is InChI=1S/C15H17N3O2S/c1-12(17)14-6-7-18(11-14)8-9-21(19,20)15-4-2-13(10-16)3-5-15/h2-7,11-12H,8-9,17H2,1H3. The molecule has 0 radical (unpaired) electrons. The second-order valence-corrected chi connectivity index (χ2v) is 7.04. The minimum atomic E-state index is -3.36. The Morgan fingerprint density at radius 2 is 1.95 bits per heavy atom. The van der Waals surface area contributed by atoms with Gasteiger partial charge in [-0.15, -0.1) is 0 Å². The summed E-state index contributed by atoms with van der Waals surface area (Å²) in [7, 11) is -3.36. The van der Waals surface area contributed by atoms with E-state index in [9.17, 15) is 8.42 Å². The molecule has 0 bridgehead atoms. The lowest BCUT2D eigenvalue weighted by molar-refractivity contribution is 0.589. The van der Waals surface area contributed by atoms with Crippen molar-refractivity contribution in [1.82, 2.24) is 4.57 Å². The van der Waals surface area contributed by atoms with Crippen LogP contribution < -0.4 is 5.73 Å². The van der Waals surface area contributed by atoms with Crippen LogP contribution in [0.25, 0.3) is 0 Å². The predicted octanol–water partition coefficient (Wildman–Crippen LogP) is 1.85. The highest BCUT2D eigenvalue weighted by Gasteiger charge is 2.14. The fourth-order valence-corrected chi connectivity index (χ4v) is 3.19. The third-order valence-corrected chi connectivity index (χ3v) is 4.97. The average Bonchev–Trinajstić information content (AvgIpc) is 2.94. The molecule has 0 aliphatic heterocycles. The molecule has 1 aromatic carbocycles. The number of sulfone groups is 1. The molecule has 0 aliphatic carbocycles. The lowest BCUT2D eigenvalue weighted by Gasteiger charge is -2.06. The van der Waals surface area contributed by atoms with Gasteiger partial charge in [-0.05, 0) is 42.8 Å². The molecule has 2 N–H and O–H groups in total. The SMILES string of the molecule is CC(N)c1ccn(CCS(=O)(=O)c2ccc(C#N)cc2)c1. The first-order chi connectivity index (χ1) is 9.92. The van der Waals surface area contributed by atoms with Crippen molar-refractivity contribution >= 4 is 9.84 Å². The highest BCUT2D eigenvalue weighted by molar-refractivity contribution is 7.91. The fraction of sp³-hybridized carbons (Fsp3) is 0.267. The summed E-state index contributed by atoms with van der Waals surface area (Å²) in [6.45, 7) is 2.25. The first-order valence-electron chi connectivity index (χ1n) is 6.56. The van der Waals surface area contributed by atoms with Gasteiger partial charge in [0.25, 0.3) is 0 Å². The Kier molecular flexibility index (Phi) is 4.46. The van der Waals surface area contributed by atoms with E-state index in [1.807, 2.05) is 36.0 Å². The molecule has 1 unspecified atom stereocenters. The minimum absolute atomic E-state index is 0.00593. The molecule has 1 atom stereocenters. The number of nitriles is 1. The average molecular weight is 303 g/mol. The van der Waals surface area contributed by atoms with Gasteiger partial charge in [0.2, 0.25) is 0 Å². The molecule has 2 rings (SSSR count). The molecule has 6 heteroatoms. The van der Waals surface area contributed by atoms with Crippen LogP contribution in [0.5, 0.6) is 0 Å². The first-order valence-corrected chi connectivity index (χ1v) is 8.22. The summed E-state index contributed by atoms with van der Waals surface area (Å²) >= 11 is 0. The molecule has 0 saturated heterocycles. The molecule has 1 aromatic heterocycles. The van der Waals surface area contributed by atoms with Gasteiger partial charge in [-0.1, -0.05) is 0 Å². The largest absolute Gasteiger partial charge is 0.353 e. The van der Waals surface area contributed by atoms with E-state index < -0.39 is 9.84 Å². The molecule has 0 aliphatic rings. The van der Waals surface area contributed by atoms with E-state index in [1.54, 1.807) is 0 Å². The highest BCUT2D eigenvalue weighted by Crippen LogP contribution is 2.14. The summed E-state index contributed by atoms with van der Waals surface area (Å²) in [5.41, 5.74) is 7.19. The Morgan fingerprint density at radius 3 is 2.48 bits per heavy atom. The van der Waals surface area contributed by atoms with Crippen molar-refractivity contribution in [2.75, 3.05) is 5.75 Å². The first kappa shape index (κ1) is 15.3. The van der Waals surface area contributed by atoms with Crippen LogP contribution in [-0.2, 0) is 16.4 Å². The number of nitrogens with two attached hydrogens (primary N) is 1. The third-order valence-electron chi connectivity index (χ3n) is 3.26. The minimum Gasteiger partial charge on any atom is -0.353 e. The van der Waals surface area contributed by atoms with Crippen LogP contribution in [-0.4, -0.2) is 18.7 Å². The Morgan fingerprint density at radius 1 is 1.29 bits per heavy atom. The summed E-state index contributed by atoms with van der Waals surface area (Å²) in [6, 6.07) is 9.75. The van der Waals surface area contributed by atoms with Gasteiger partial charge in [0.1, 0.15) is 0 Å². The number of benzene rings is 1. The van der Waals surface area contributed by atoms with E-state index in [2.05, 4.69) is 0 Å². The molecule has 0 fully saturated rings. The zero-order chi connectivity index (χ0) is 15.5. The second-order valence-electron chi connectivity index (χ2n) is 4.93. The van der Waals surface area contributed by atoms with Crippen LogP contribution in [0.4, 0.5) is 0 Å². The Labute approximate surface area is 124 Å². The number of aromatic nitrogens is 1. The van der Waals surface area contributed by atoms with E-state index >= 15 is 0 Å². The van der Waals surface area contributed by atoms with Gasteiger partial charge < -0.3 is 10.3 Å². The Hall–Kier alpha value is -2.10. The van der Waals surface area contributed by atoms with E-state index in [0.717, 1.165) is 5.56 Å². The predicted molar refractivity (Wildman–Crippen MR) is 80.2 cm³/mol. The zero-order valence-electron chi connectivity index (χ0n) is 11.7. The summed E-state index contributed by atoms with van der Waals surface area (Å²) in [6.07, 6.45) is 3.69. The van der Waals surface area contributed by atoms with Crippen LogP contribution in [0.3, 0.4) is 0 Å². The Bertz CT molecular complexity index is 753. The van der Waals surface area contributed by atoms with Gasteiger partial charge in [0, 0.05) is 25.0 Å². The van der Waals surface area contributed by atoms with Crippen LogP contribution in [0, 0.1) is 11.3 Å². The van der Waals surface area contributed by atoms with E-state index in [1.165, 1.54) is 24.3 Å². The van der Waals surface area contributed by atoms with Crippen molar-refractivity contribution in [3.05, 3.63) is 53.9 Å². The molecule has 110 valence electrons. The van der Waals surface area contributed by atoms with Crippen molar-refractivity contribution < 1.29 is 8.42 Å². The normalized spacial score (nSPS) is 12.8. The highest BCUT2D eigenvalue weighted by atomic mass is 32.2. The molecular formula is C15H17N3O2S. The van der Waals surface area contributed by atoms with Crippen LogP contribution in [0.15, 0.2) is 47.6 Å². The van der Waals surface area contributed by atoms with Gasteiger partial charge in [0.05, 0.1) is 22.3 Å². The van der Waals surface area contributed by atoms with E-state index in [-0.39, 0.29) is 16.7 Å². The van der Waals surface area contributed by atoms with Crippen molar-refractivity contribution in [3.8, 4) is 6.07 Å². The summed E-state index contributed by atoms with van der Waals surface area (Å²) in [5, 5.41) is 8.72. The number of rotatable bonds is 5. The monoisotopic (exact) mass is 303 g/mol. The topological polar surface area (TPSA) is 88.9 Å². The fourth-order valence-electron chi connectivity index (χ4n) is 1.95. The Balaban J connectivity index is 2.08. The molecule has 21 heavy (non-hydrogen) atoms. The van der Waals surface area contributed by atoms with Crippen molar-refractivity contribution in [3.63, 3.8) is 0 Å². The molecule has 5 nitrogen and oxygen atoms in total. The molecule has 0 spiro atoms. The number of hydrogen-bond donors (Lipinski definition) is 1. The number of nitrogens with zero attached hydrogens (tertiary/aromatic N) is 2. The number of hydrogen-bond acceptors (Lipinski definition) is 4. The van der Waals surface area contributed by atoms with Gasteiger partial charge in [-0.2, -0.15) is 5.26 Å². The maximum atomic E-state index is 12.2. The van der Waals surface area contributed by atoms with Gasteiger partial charge in [-0.3, -0.25) is 0 Å². The molecular weight excluding hydrogens is 286 g/mol. The summed E-state index contributed by atoms with van der Waals surface area (Å²) < 4.78 is 26.3. The van der Waals surface area contributed by atoms with Crippen LogP contribution >= 0.6 is 0 Å². The maximum Gasteiger partial charge on any atom is 0.180 e. The number of aryl methyl sites for hydroxylation is 1. The molecule has 0 saturated carbocycles. The molecule has 0 amide bonds. The second kappa shape index (κ2) is 6.12. The smallest absolute Gasteiger partial charge is 0.180 e. The maximum absolute atomic E-state index is 12.2. The lowest BCUT2D eigenvalue weighted by atomic mass is 10.2. The zero-order valence-corrected chi connectivity index (χ0v) is 12.5. The molecule has 2 aromatic rings. The van der Waals surface area contributed by atoms with Crippen molar-refractivity contribution in [2.24, 2.45) is 5.73 Å². The third kappa shape index (κ3) is 3.72. The van der Waals surface area contributed by atoms with Gasteiger partial charge >= 0.3 is 0 Å². The summed E-state index contributed by atoms with van der Waals surface area (Å²) in [5.74, 6) is 0.00593. The summed E-state index contributed by atoms with van der Waals surface area (Å²) in [4.78, 5) is 0.237. The van der Waals surface area contributed by atoms with Crippen molar-refractivity contribution in [1.29, 1.82) is 5.26 Å². The van der Waals surface area contributed by atoms with Crippen LogP contribution in [0.1, 0.15) is 24.1 Å².